The van der Waals surface area contributed by atoms with E-state index >= 15 is 0 Å². The number of thiazole rings is 1. The molecule has 0 fully saturated rings. The zero-order valence-electron chi connectivity index (χ0n) is 12.7. The Morgan fingerprint density at radius 3 is 2.76 bits per heavy atom. The summed E-state index contributed by atoms with van der Waals surface area (Å²) in [5, 5.41) is 9.31. The third kappa shape index (κ3) is 4.29. The van der Waals surface area contributed by atoms with E-state index in [-0.39, 0.29) is 5.91 Å². The molecule has 2 rings (SSSR count). The topological polar surface area (TPSA) is 54.0 Å². The highest BCUT2D eigenvalue weighted by atomic mass is 32.1. The molecule has 0 atom stereocenters. The van der Waals surface area contributed by atoms with Crippen molar-refractivity contribution in [1.82, 2.24) is 10.3 Å². The van der Waals surface area contributed by atoms with Gasteiger partial charge < -0.3 is 10.6 Å². The second kappa shape index (κ2) is 7.22. The number of hydrogen-bond donors (Lipinski definition) is 2. The summed E-state index contributed by atoms with van der Waals surface area (Å²) in [5.41, 5.74) is 3.90. The minimum absolute atomic E-state index is 0.0342. The maximum absolute atomic E-state index is 12.1. The smallest absolute Gasteiger partial charge is 0.251 e. The van der Waals surface area contributed by atoms with Gasteiger partial charge in [0, 0.05) is 36.1 Å². The Labute approximate surface area is 129 Å². The van der Waals surface area contributed by atoms with Crippen LogP contribution in [0.25, 0.3) is 0 Å². The summed E-state index contributed by atoms with van der Waals surface area (Å²) in [6.45, 7) is 7.53. The van der Waals surface area contributed by atoms with Crippen molar-refractivity contribution in [1.29, 1.82) is 0 Å². The molecule has 1 heterocycles. The second-order valence-electron chi connectivity index (χ2n) is 4.92. The monoisotopic (exact) mass is 303 g/mol. The number of amides is 1. The Kier molecular flexibility index (Phi) is 5.33. The van der Waals surface area contributed by atoms with Gasteiger partial charge in [0.2, 0.25) is 0 Å². The maximum Gasteiger partial charge on any atom is 0.251 e. The van der Waals surface area contributed by atoms with Gasteiger partial charge in [-0.25, -0.2) is 4.98 Å². The molecule has 1 aromatic carbocycles. The molecule has 2 N–H and O–H groups in total. The van der Waals surface area contributed by atoms with Crippen LogP contribution in [0, 0.1) is 13.8 Å². The van der Waals surface area contributed by atoms with E-state index in [4.69, 9.17) is 0 Å². The van der Waals surface area contributed by atoms with Crippen molar-refractivity contribution in [2.45, 2.75) is 27.2 Å². The molecule has 1 amide bonds. The van der Waals surface area contributed by atoms with Crippen molar-refractivity contribution in [2.24, 2.45) is 0 Å². The van der Waals surface area contributed by atoms with Crippen LogP contribution < -0.4 is 10.6 Å². The highest BCUT2D eigenvalue weighted by molar-refractivity contribution is 7.09. The fraction of sp³-hybridized carbons (Fsp3) is 0.375. The summed E-state index contributed by atoms with van der Waals surface area (Å²) in [5.74, 6) is -0.0342. The molecule has 0 aliphatic carbocycles. The lowest BCUT2D eigenvalue weighted by molar-refractivity contribution is 0.0954. The maximum atomic E-state index is 12.1. The van der Waals surface area contributed by atoms with Crippen molar-refractivity contribution in [3.05, 3.63) is 45.4 Å². The molecule has 21 heavy (non-hydrogen) atoms. The zero-order valence-corrected chi connectivity index (χ0v) is 13.5. The molecule has 0 aliphatic heterocycles. The molecule has 4 nitrogen and oxygen atoms in total. The van der Waals surface area contributed by atoms with Crippen LogP contribution in [0.1, 0.15) is 33.5 Å². The molecule has 0 saturated carbocycles. The molecule has 112 valence electrons. The van der Waals surface area contributed by atoms with E-state index in [0.29, 0.717) is 12.1 Å². The van der Waals surface area contributed by atoms with Gasteiger partial charge in [-0.05, 0) is 44.5 Å². The SMILES string of the molecule is CCNc1ccc(C(=O)NCCc2csc(C)n2)cc1C. The molecule has 0 spiro atoms. The largest absolute Gasteiger partial charge is 0.385 e. The van der Waals surface area contributed by atoms with Crippen LogP contribution in [0.15, 0.2) is 23.6 Å². The first-order chi connectivity index (χ1) is 10.1. The minimum atomic E-state index is -0.0342. The Morgan fingerprint density at radius 2 is 2.14 bits per heavy atom. The summed E-state index contributed by atoms with van der Waals surface area (Å²) in [6, 6.07) is 5.73. The lowest BCUT2D eigenvalue weighted by Crippen LogP contribution is -2.25. The standard InChI is InChI=1S/C16H21N3OS/c1-4-17-15-6-5-13(9-11(15)2)16(20)18-8-7-14-10-21-12(3)19-14/h5-6,9-10,17H,4,7-8H2,1-3H3,(H,18,20). The molecular formula is C16H21N3OS. The van der Waals surface area contributed by atoms with E-state index in [1.807, 2.05) is 37.4 Å². The van der Waals surface area contributed by atoms with Crippen molar-refractivity contribution in [2.75, 3.05) is 18.4 Å². The molecule has 0 bridgehead atoms. The number of nitrogens with one attached hydrogen (secondary N) is 2. The van der Waals surface area contributed by atoms with Crippen LogP contribution in [-0.4, -0.2) is 24.0 Å². The fourth-order valence-corrected chi connectivity index (χ4v) is 2.77. The van der Waals surface area contributed by atoms with Crippen LogP contribution in [0.2, 0.25) is 0 Å². The molecule has 0 saturated heterocycles. The van der Waals surface area contributed by atoms with Gasteiger partial charge in [0.05, 0.1) is 10.7 Å². The summed E-state index contributed by atoms with van der Waals surface area (Å²) < 4.78 is 0. The summed E-state index contributed by atoms with van der Waals surface area (Å²) in [6.07, 6.45) is 0.768. The molecule has 1 aromatic heterocycles. The van der Waals surface area contributed by atoms with Crippen LogP contribution in [-0.2, 0) is 6.42 Å². The first-order valence-corrected chi connectivity index (χ1v) is 8.02. The average molecular weight is 303 g/mol. The molecule has 0 radical (unpaired) electrons. The number of benzene rings is 1. The predicted molar refractivity (Wildman–Crippen MR) is 88.2 cm³/mol. The van der Waals surface area contributed by atoms with Gasteiger partial charge in [-0.15, -0.1) is 11.3 Å². The second-order valence-corrected chi connectivity index (χ2v) is 5.99. The molecule has 2 aromatic rings. The highest BCUT2D eigenvalue weighted by Crippen LogP contribution is 2.16. The number of carbonyl (C=O) groups is 1. The summed E-state index contributed by atoms with van der Waals surface area (Å²) >= 11 is 1.64. The van der Waals surface area contributed by atoms with Crippen molar-refractivity contribution in [3.8, 4) is 0 Å². The number of carbonyl (C=O) groups excluding carboxylic acids is 1. The van der Waals surface area contributed by atoms with Gasteiger partial charge in [0.25, 0.3) is 5.91 Å². The highest BCUT2D eigenvalue weighted by Gasteiger charge is 2.07. The number of aromatic nitrogens is 1. The van der Waals surface area contributed by atoms with Crippen LogP contribution >= 0.6 is 11.3 Å². The molecule has 0 aliphatic rings. The zero-order chi connectivity index (χ0) is 15.2. The van der Waals surface area contributed by atoms with E-state index in [9.17, 15) is 4.79 Å². The summed E-state index contributed by atoms with van der Waals surface area (Å²) in [4.78, 5) is 16.5. The third-order valence-corrected chi connectivity index (χ3v) is 4.01. The number of rotatable bonds is 6. The lowest BCUT2D eigenvalue weighted by atomic mass is 10.1. The van der Waals surface area contributed by atoms with E-state index < -0.39 is 0 Å². The Bertz CT molecular complexity index is 622. The predicted octanol–water partition coefficient (Wildman–Crippen LogP) is 3.16. The van der Waals surface area contributed by atoms with Gasteiger partial charge in [-0.1, -0.05) is 0 Å². The summed E-state index contributed by atoms with van der Waals surface area (Å²) in [7, 11) is 0. The van der Waals surface area contributed by atoms with Gasteiger partial charge in [-0.3, -0.25) is 4.79 Å². The number of hydrogen-bond acceptors (Lipinski definition) is 4. The van der Waals surface area contributed by atoms with Crippen molar-refractivity contribution in [3.63, 3.8) is 0 Å². The number of nitrogens with zero attached hydrogens (tertiary/aromatic N) is 1. The first-order valence-electron chi connectivity index (χ1n) is 7.14. The quantitative estimate of drug-likeness (QED) is 0.862. The van der Waals surface area contributed by atoms with E-state index in [1.165, 1.54) is 0 Å². The number of anilines is 1. The van der Waals surface area contributed by atoms with Gasteiger partial charge in [-0.2, -0.15) is 0 Å². The molecule has 0 unspecified atom stereocenters. The third-order valence-electron chi connectivity index (χ3n) is 3.19. The molecule has 5 heteroatoms. The van der Waals surface area contributed by atoms with Crippen molar-refractivity contribution >= 4 is 22.9 Å². The van der Waals surface area contributed by atoms with Crippen LogP contribution in [0.4, 0.5) is 5.69 Å². The average Bonchev–Trinajstić information content (AvgIpc) is 2.87. The Balaban J connectivity index is 1.89. The lowest BCUT2D eigenvalue weighted by Gasteiger charge is -2.10. The minimum Gasteiger partial charge on any atom is -0.385 e. The van der Waals surface area contributed by atoms with Crippen LogP contribution in [0.5, 0.6) is 0 Å². The fourth-order valence-electron chi connectivity index (χ4n) is 2.12. The van der Waals surface area contributed by atoms with Crippen molar-refractivity contribution < 1.29 is 4.79 Å². The van der Waals surface area contributed by atoms with Crippen LogP contribution in [0.3, 0.4) is 0 Å². The normalized spacial score (nSPS) is 10.4. The van der Waals surface area contributed by atoms with Gasteiger partial charge >= 0.3 is 0 Å². The van der Waals surface area contributed by atoms with E-state index in [2.05, 4.69) is 22.5 Å². The Morgan fingerprint density at radius 1 is 1.33 bits per heavy atom. The molecular weight excluding hydrogens is 282 g/mol. The van der Waals surface area contributed by atoms with E-state index in [0.717, 1.165) is 34.9 Å². The van der Waals surface area contributed by atoms with Gasteiger partial charge in [0.1, 0.15) is 0 Å². The number of aryl methyl sites for hydroxylation is 2. The Hall–Kier alpha value is -1.88. The van der Waals surface area contributed by atoms with Gasteiger partial charge in [0.15, 0.2) is 0 Å². The van der Waals surface area contributed by atoms with E-state index in [1.54, 1.807) is 11.3 Å². The first kappa shape index (κ1) is 15.5.